The second-order valence-electron chi connectivity index (χ2n) is 5.44. The zero-order chi connectivity index (χ0) is 13.8. The highest BCUT2D eigenvalue weighted by Gasteiger charge is 2.21. The third-order valence-corrected chi connectivity index (χ3v) is 3.71. The minimum atomic E-state index is 0.163. The lowest BCUT2D eigenvalue weighted by Crippen LogP contribution is -2.34. The van der Waals surface area contributed by atoms with Gasteiger partial charge < -0.3 is 15.3 Å². The Hall–Kier alpha value is -0.770. The van der Waals surface area contributed by atoms with E-state index in [-0.39, 0.29) is 6.61 Å². The molecule has 2 N–H and O–H groups in total. The molecule has 0 amide bonds. The molecule has 1 aromatic carbocycles. The zero-order valence-electron chi connectivity index (χ0n) is 11.7. The van der Waals surface area contributed by atoms with Gasteiger partial charge >= 0.3 is 0 Å². The number of aliphatic hydroxyl groups excluding tert-OH is 1. The van der Waals surface area contributed by atoms with Gasteiger partial charge in [0.05, 0.1) is 6.61 Å². The van der Waals surface area contributed by atoms with Crippen LogP contribution in [0.25, 0.3) is 0 Å². The predicted octanol–water partition coefficient (Wildman–Crippen LogP) is 2.80. The van der Waals surface area contributed by atoms with Gasteiger partial charge in [-0.3, -0.25) is 0 Å². The molecule has 3 nitrogen and oxygen atoms in total. The fraction of sp³-hybridized carbons (Fsp3) is 0.600. The van der Waals surface area contributed by atoms with Gasteiger partial charge in [0.25, 0.3) is 0 Å². The number of nitrogens with one attached hydrogen (secondary N) is 1. The molecule has 0 heterocycles. The summed E-state index contributed by atoms with van der Waals surface area (Å²) < 4.78 is 0. The molecule has 0 saturated heterocycles. The average molecular weight is 283 g/mol. The molecule has 0 atom stereocenters. The number of hydrogen-bond acceptors (Lipinski definition) is 3. The molecule has 0 spiro atoms. The number of nitrogens with zero attached hydrogens (tertiary/aromatic N) is 1. The third kappa shape index (κ3) is 4.10. The van der Waals surface area contributed by atoms with Crippen molar-refractivity contribution >= 4 is 17.3 Å². The van der Waals surface area contributed by atoms with Gasteiger partial charge in [0, 0.05) is 35.9 Å². The molecule has 0 bridgehead atoms. The van der Waals surface area contributed by atoms with E-state index in [1.807, 2.05) is 12.1 Å². The smallest absolute Gasteiger partial charge is 0.0606 e. The Morgan fingerprint density at radius 1 is 1.42 bits per heavy atom. The Bertz CT molecular complexity index is 419. The first-order valence-corrected chi connectivity index (χ1v) is 7.39. The molecular weight excluding hydrogens is 260 g/mol. The molecule has 0 unspecified atom stereocenters. The standard InChI is InChI=1S/C15H23ClN2O/c1-11(2)18(7-8-19)15-6-3-13(16)9-12(15)10-17-14-4-5-14/h3,6,9,11,14,17,19H,4-5,7-8,10H2,1-2H3. The van der Waals surface area contributed by atoms with E-state index in [4.69, 9.17) is 11.6 Å². The Morgan fingerprint density at radius 2 is 2.16 bits per heavy atom. The van der Waals surface area contributed by atoms with Crippen LogP contribution in [-0.2, 0) is 6.54 Å². The van der Waals surface area contributed by atoms with Gasteiger partial charge in [-0.1, -0.05) is 11.6 Å². The summed E-state index contributed by atoms with van der Waals surface area (Å²) in [5, 5.41) is 13.5. The Labute approximate surface area is 120 Å². The number of aliphatic hydroxyl groups is 1. The highest BCUT2D eigenvalue weighted by atomic mass is 35.5. The number of hydrogen-bond donors (Lipinski definition) is 2. The summed E-state index contributed by atoms with van der Waals surface area (Å²) in [6.07, 6.45) is 2.56. The quantitative estimate of drug-likeness (QED) is 0.807. The van der Waals surface area contributed by atoms with Crippen molar-refractivity contribution in [2.45, 2.75) is 45.3 Å². The van der Waals surface area contributed by atoms with E-state index >= 15 is 0 Å². The third-order valence-electron chi connectivity index (χ3n) is 3.47. The van der Waals surface area contributed by atoms with Crippen LogP contribution in [0.3, 0.4) is 0 Å². The summed E-state index contributed by atoms with van der Waals surface area (Å²) in [6, 6.07) is 7.04. The van der Waals surface area contributed by atoms with E-state index < -0.39 is 0 Å². The molecule has 0 radical (unpaired) electrons. The van der Waals surface area contributed by atoms with Crippen LogP contribution in [0.15, 0.2) is 18.2 Å². The number of halogens is 1. The molecule has 0 aromatic heterocycles. The topological polar surface area (TPSA) is 35.5 Å². The van der Waals surface area contributed by atoms with Crippen LogP contribution in [0, 0.1) is 0 Å². The van der Waals surface area contributed by atoms with E-state index in [2.05, 4.69) is 30.1 Å². The lowest BCUT2D eigenvalue weighted by atomic mass is 10.1. The molecular formula is C15H23ClN2O. The van der Waals surface area contributed by atoms with Crippen molar-refractivity contribution in [1.82, 2.24) is 5.32 Å². The monoisotopic (exact) mass is 282 g/mol. The highest BCUT2D eigenvalue weighted by molar-refractivity contribution is 6.30. The van der Waals surface area contributed by atoms with Crippen molar-refractivity contribution in [2.75, 3.05) is 18.1 Å². The van der Waals surface area contributed by atoms with Gasteiger partial charge in [0.2, 0.25) is 0 Å². The van der Waals surface area contributed by atoms with Crippen LogP contribution in [-0.4, -0.2) is 30.3 Å². The predicted molar refractivity (Wildman–Crippen MR) is 80.9 cm³/mol. The van der Waals surface area contributed by atoms with Gasteiger partial charge in [0.1, 0.15) is 0 Å². The molecule has 1 saturated carbocycles. The second-order valence-corrected chi connectivity index (χ2v) is 5.88. The first kappa shape index (κ1) is 14.6. The van der Waals surface area contributed by atoms with Crippen LogP contribution in [0.5, 0.6) is 0 Å². The lowest BCUT2D eigenvalue weighted by molar-refractivity contribution is 0.299. The fourth-order valence-electron chi connectivity index (χ4n) is 2.28. The fourth-order valence-corrected chi connectivity index (χ4v) is 2.48. The van der Waals surface area contributed by atoms with Crippen LogP contribution in [0.4, 0.5) is 5.69 Å². The zero-order valence-corrected chi connectivity index (χ0v) is 12.5. The van der Waals surface area contributed by atoms with Gasteiger partial charge in [-0.05, 0) is 50.5 Å². The highest BCUT2D eigenvalue weighted by Crippen LogP contribution is 2.27. The van der Waals surface area contributed by atoms with Crippen LogP contribution < -0.4 is 10.2 Å². The summed E-state index contributed by atoms with van der Waals surface area (Å²) in [7, 11) is 0. The number of benzene rings is 1. The van der Waals surface area contributed by atoms with Gasteiger partial charge in [-0.15, -0.1) is 0 Å². The molecule has 4 heteroatoms. The first-order chi connectivity index (χ1) is 9.11. The summed E-state index contributed by atoms with van der Waals surface area (Å²) >= 11 is 6.11. The summed E-state index contributed by atoms with van der Waals surface area (Å²) in [5.74, 6) is 0. The molecule has 0 aliphatic heterocycles. The van der Waals surface area contributed by atoms with Crippen LogP contribution in [0.1, 0.15) is 32.3 Å². The Balaban J connectivity index is 2.19. The van der Waals surface area contributed by atoms with E-state index in [0.717, 1.165) is 11.6 Å². The maximum atomic E-state index is 9.24. The summed E-state index contributed by atoms with van der Waals surface area (Å²) in [4.78, 5) is 2.22. The second kappa shape index (κ2) is 6.60. The van der Waals surface area contributed by atoms with Gasteiger partial charge in [-0.25, -0.2) is 0 Å². The maximum Gasteiger partial charge on any atom is 0.0606 e. The van der Waals surface area contributed by atoms with E-state index in [0.29, 0.717) is 18.6 Å². The molecule has 1 aliphatic carbocycles. The molecule has 1 aromatic rings. The van der Waals surface area contributed by atoms with Crippen molar-refractivity contribution in [3.05, 3.63) is 28.8 Å². The molecule has 1 fully saturated rings. The number of rotatable bonds is 7. The molecule has 19 heavy (non-hydrogen) atoms. The maximum absolute atomic E-state index is 9.24. The normalized spacial score (nSPS) is 15.0. The first-order valence-electron chi connectivity index (χ1n) is 7.01. The Kier molecular flexibility index (Phi) is 5.08. The van der Waals surface area contributed by atoms with E-state index in [9.17, 15) is 5.11 Å². The van der Waals surface area contributed by atoms with Gasteiger partial charge in [0.15, 0.2) is 0 Å². The largest absolute Gasteiger partial charge is 0.395 e. The van der Waals surface area contributed by atoms with E-state index in [1.54, 1.807) is 0 Å². The van der Waals surface area contributed by atoms with Crippen LogP contribution in [0.2, 0.25) is 5.02 Å². The van der Waals surface area contributed by atoms with Crippen LogP contribution >= 0.6 is 11.6 Å². The molecule has 1 aliphatic rings. The Morgan fingerprint density at radius 3 is 2.74 bits per heavy atom. The minimum Gasteiger partial charge on any atom is -0.395 e. The van der Waals surface area contributed by atoms with Crippen molar-refractivity contribution < 1.29 is 5.11 Å². The lowest BCUT2D eigenvalue weighted by Gasteiger charge is -2.30. The SMILES string of the molecule is CC(C)N(CCO)c1ccc(Cl)cc1CNC1CC1. The van der Waals surface area contributed by atoms with Crippen molar-refractivity contribution in [1.29, 1.82) is 0 Å². The van der Waals surface area contributed by atoms with Gasteiger partial charge in [-0.2, -0.15) is 0 Å². The molecule has 106 valence electrons. The van der Waals surface area contributed by atoms with Crippen molar-refractivity contribution in [3.63, 3.8) is 0 Å². The summed E-state index contributed by atoms with van der Waals surface area (Å²) in [6.45, 7) is 5.94. The van der Waals surface area contributed by atoms with E-state index in [1.165, 1.54) is 24.1 Å². The van der Waals surface area contributed by atoms with Crippen molar-refractivity contribution in [2.24, 2.45) is 0 Å². The minimum absolute atomic E-state index is 0.163. The number of anilines is 1. The average Bonchev–Trinajstić information content (AvgIpc) is 3.18. The van der Waals surface area contributed by atoms with Crippen molar-refractivity contribution in [3.8, 4) is 0 Å². The molecule has 2 rings (SSSR count). The summed E-state index contributed by atoms with van der Waals surface area (Å²) in [5.41, 5.74) is 2.38.